The van der Waals surface area contributed by atoms with Gasteiger partial charge >= 0.3 is 0 Å². The molecule has 2 rings (SSSR count). The van der Waals surface area contributed by atoms with E-state index in [2.05, 4.69) is 27.6 Å². The lowest BCUT2D eigenvalue weighted by Gasteiger charge is -2.08. The first kappa shape index (κ1) is 12.2. The van der Waals surface area contributed by atoms with Gasteiger partial charge in [-0.2, -0.15) is 0 Å². The minimum atomic E-state index is 0.478. The quantitative estimate of drug-likeness (QED) is 0.487. The number of nitrogens with two attached hydrogens (primary N) is 1. The number of aliphatic imine (C=N–C) groups is 1. The van der Waals surface area contributed by atoms with Crippen molar-refractivity contribution in [3.05, 3.63) is 26.8 Å². The highest BCUT2D eigenvalue weighted by Crippen LogP contribution is 2.28. The van der Waals surface area contributed by atoms with Crippen molar-refractivity contribution < 1.29 is 0 Å². The number of benzene rings is 1. The maximum atomic E-state index is 6.03. The molecule has 0 spiro atoms. The average molecular weight is 349 g/mol. The SMILES string of the molecule is NC(=Nc1ccc(Cl)cc1I)C1CCCC1. The Kier molecular flexibility index (Phi) is 4.08. The Bertz CT molecular complexity index is 411. The van der Waals surface area contributed by atoms with E-state index in [-0.39, 0.29) is 0 Å². The maximum Gasteiger partial charge on any atom is 0.103 e. The van der Waals surface area contributed by atoms with Crippen molar-refractivity contribution in [3.63, 3.8) is 0 Å². The first-order valence-corrected chi connectivity index (χ1v) is 6.91. The van der Waals surface area contributed by atoms with Crippen molar-refractivity contribution in [2.75, 3.05) is 0 Å². The number of hydrogen-bond donors (Lipinski definition) is 1. The number of amidine groups is 1. The largest absolute Gasteiger partial charge is 0.387 e. The third-order valence-corrected chi connectivity index (χ3v) is 4.03. The van der Waals surface area contributed by atoms with E-state index in [0.29, 0.717) is 5.92 Å². The molecule has 86 valence electrons. The molecule has 0 radical (unpaired) electrons. The molecular weight excluding hydrogens is 335 g/mol. The molecule has 2 N–H and O–H groups in total. The van der Waals surface area contributed by atoms with E-state index >= 15 is 0 Å². The van der Waals surface area contributed by atoms with Crippen LogP contribution in [0.1, 0.15) is 25.7 Å². The summed E-state index contributed by atoms with van der Waals surface area (Å²) in [6.45, 7) is 0. The van der Waals surface area contributed by atoms with Crippen LogP contribution in [0.25, 0.3) is 0 Å². The van der Waals surface area contributed by atoms with Crippen LogP contribution >= 0.6 is 34.2 Å². The number of rotatable bonds is 2. The smallest absolute Gasteiger partial charge is 0.103 e. The van der Waals surface area contributed by atoms with E-state index in [9.17, 15) is 0 Å². The van der Waals surface area contributed by atoms with Gasteiger partial charge in [-0.05, 0) is 53.6 Å². The molecule has 0 aliphatic heterocycles. The summed E-state index contributed by atoms with van der Waals surface area (Å²) in [6, 6.07) is 5.68. The van der Waals surface area contributed by atoms with Gasteiger partial charge in [-0.15, -0.1) is 0 Å². The van der Waals surface area contributed by atoms with Gasteiger partial charge in [0, 0.05) is 14.5 Å². The fourth-order valence-electron chi connectivity index (χ4n) is 2.02. The molecule has 0 amide bonds. The van der Waals surface area contributed by atoms with Gasteiger partial charge in [0.1, 0.15) is 5.84 Å². The molecule has 1 aliphatic carbocycles. The van der Waals surface area contributed by atoms with Crippen LogP contribution in [0.4, 0.5) is 5.69 Å². The lowest BCUT2D eigenvalue weighted by atomic mass is 10.1. The molecule has 1 aliphatic rings. The predicted octanol–water partition coefficient (Wildman–Crippen LogP) is 4.12. The van der Waals surface area contributed by atoms with E-state index in [1.165, 1.54) is 25.7 Å². The summed E-state index contributed by atoms with van der Waals surface area (Å²) in [5, 5.41) is 0.739. The monoisotopic (exact) mass is 348 g/mol. The first-order chi connectivity index (χ1) is 7.66. The molecule has 0 saturated heterocycles. The van der Waals surface area contributed by atoms with E-state index in [0.717, 1.165) is 20.1 Å². The minimum Gasteiger partial charge on any atom is -0.387 e. The highest BCUT2D eigenvalue weighted by molar-refractivity contribution is 14.1. The van der Waals surface area contributed by atoms with Gasteiger partial charge in [0.05, 0.1) is 5.69 Å². The van der Waals surface area contributed by atoms with Crippen LogP contribution in [0.2, 0.25) is 5.02 Å². The highest BCUT2D eigenvalue weighted by Gasteiger charge is 2.18. The summed E-state index contributed by atoms with van der Waals surface area (Å²) in [5.74, 6) is 1.25. The van der Waals surface area contributed by atoms with Crippen LogP contribution in [0.5, 0.6) is 0 Å². The molecule has 0 heterocycles. The van der Waals surface area contributed by atoms with Gasteiger partial charge in [-0.3, -0.25) is 0 Å². The van der Waals surface area contributed by atoms with E-state index in [1.807, 2.05) is 18.2 Å². The molecule has 4 heteroatoms. The molecular formula is C12H14ClIN2. The minimum absolute atomic E-state index is 0.478. The van der Waals surface area contributed by atoms with Gasteiger partial charge < -0.3 is 5.73 Å². The van der Waals surface area contributed by atoms with Crippen molar-refractivity contribution in [1.29, 1.82) is 0 Å². The Morgan fingerprint density at radius 1 is 1.38 bits per heavy atom. The molecule has 0 atom stereocenters. The Labute approximate surface area is 114 Å². The van der Waals surface area contributed by atoms with Gasteiger partial charge in [0.25, 0.3) is 0 Å². The Morgan fingerprint density at radius 3 is 2.69 bits per heavy atom. The summed E-state index contributed by atoms with van der Waals surface area (Å²) in [6.07, 6.45) is 4.91. The van der Waals surface area contributed by atoms with Gasteiger partial charge in [0.2, 0.25) is 0 Å². The molecule has 1 aromatic rings. The second kappa shape index (κ2) is 5.36. The van der Waals surface area contributed by atoms with Crippen molar-refractivity contribution in [3.8, 4) is 0 Å². The normalized spacial score (nSPS) is 18.0. The number of halogens is 2. The standard InChI is InChI=1S/C12H14ClIN2/c13-9-5-6-11(10(14)7-9)16-12(15)8-3-1-2-4-8/h5-8H,1-4H2,(H2,15,16). The second-order valence-corrected chi connectivity index (χ2v) is 5.71. The highest BCUT2D eigenvalue weighted by atomic mass is 127. The van der Waals surface area contributed by atoms with E-state index in [1.54, 1.807) is 0 Å². The van der Waals surface area contributed by atoms with Crippen molar-refractivity contribution >= 4 is 45.7 Å². The van der Waals surface area contributed by atoms with Crippen LogP contribution in [0.3, 0.4) is 0 Å². The molecule has 1 fully saturated rings. The van der Waals surface area contributed by atoms with Gasteiger partial charge in [0.15, 0.2) is 0 Å². The third kappa shape index (κ3) is 2.88. The van der Waals surface area contributed by atoms with Crippen molar-refractivity contribution in [1.82, 2.24) is 0 Å². The first-order valence-electron chi connectivity index (χ1n) is 5.46. The zero-order valence-corrected chi connectivity index (χ0v) is 11.8. The number of hydrogen-bond acceptors (Lipinski definition) is 1. The lowest BCUT2D eigenvalue weighted by molar-refractivity contribution is 0.722. The molecule has 16 heavy (non-hydrogen) atoms. The van der Waals surface area contributed by atoms with Gasteiger partial charge in [-0.1, -0.05) is 24.4 Å². The molecule has 2 nitrogen and oxygen atoms in total. The maximum absolute atomic E-state index is 6.03. The zero-order chi connectivity index (χ0) is 11.5. The molecule has 1 saturated carbocycles. The lowest BCUT2D eigenvalue weighted by Crippen LogP contribution is -2.20. The Morgan fingerprint density at radius 2 is 2.06 bits per heavy atom. The van der Waals surface area contributed by atoms with E-state index < -0.39 is 0 Å². The fraction of sp³-hybridized carbons (Fsp3) is 0.417. The summed E-state index contributed by atoms with van der Waals surface area (Å²) in [4.78, 5) is 4.51. The number of nitrogens with zero attached hydrogens (tertiary/aromatic N) is 1. The summed E-state index contributed by atoms with van der Waals surface area (Å²) in [5.41, 5.74) is 6.96. The van der Waals surface area contributed by atoms with Crippen molar-refractivity contribution in [2.45, 2.75) is 25.7 Å². The van der Waals surface area contributed by atoms with Crippen LogP contribution in [-0.2, 0) is 0 Å². The predicted molar refractivity (Wildman–Crippen MR) is 77.4 cm³/mol. The molecule has 0 bridgehead atoms. The molecule has 1 aromatic carbocycles. The third-order valence-electron chi connectivity index (χ3n) is 2.93. The van der Waals surface area contributed by atoms with Crippen LogP contribution < -0.4 is 5.73 Å². The van der Waals surface area contributed by atoms with Gasteiger partial charge in [-0.25, -0.2) is 4.99 Å². The second-order valence-electron chi connectivity index (χ2n) is 4.11. The molecule has 0 aromatic heterocycles. The van der Waals surface area contributed by atoms with E-state index in [4.69, 9.17) is 17.3 Å². The zero-order valence-electron chi connectivity index (χ0n) is 8.92. The topological polar surface area (TPSA) is 38.4 Å². The van der Waals surface area contributed by atoms with Crippen molar-refractivity contribution in [2.24, 2.45) is 16.6 Å². The van der Waals surface area contributed by atoms with Crippen LogP contribution in [0.15, 0.2) is 23.2 Å². The van der Waals surface area contributed by atoms with Crippen LogP contribution in [0, 0.1) is 9.49 Å². The molecule has 0 unspecified atom stereocenters. The van der Waals surface area contributed by atoms with Crippen LogP contribution in [-0.4, -0.2) is 5.84 Å². The fourth-order valence-corrected chi connectivity index (χ4v) is 3.02. The average Bonchev–Trinajstić information content (AvgIpc) is 2.75. The summed E-state index contributed by atoms with van der Waals surface area (Å²) >= 11 is 8.13. The Hall–Kier alpha value is -0.290. The summed E-state index contributed by atoms with van der Waals surface area (Å²) in [7, 11) is 0. The Balaban J connectivity index is 2.20. The summed E-state index contributed by atoms with van der Waals surface area (Å²) < 4.78 is 1.05.